The third-order valence-corrected chi connectivity index (χ3v) is 7.58. The second-order valence-corrected chi connectivity index (χ2v) is 9.99. The predicted molar refractivity (Wildman–Crippen MR) is 127 cm³/mol. The van der Waals surface area contributed by atoms with E-state index in [4.69, 9.17) is 14.0 Å². The van der Waals surface area contributed by atoms with Crippen molar-refractivity contribution >= 4 is 21.6 Å². The number of fused-ring (bicyclic) bond motifs is 1. The van der Waals surface area contributed by atoms with Gasteiger partial charge in [0.1, 0.15) is 12.4 Å². The molecule has 0 radical (unpaired) electrons. The molecule has 9 nitrogen and oxygen atoms in total. The van der Waals surface area contributed by atoms with Gasteiger partial charge in [-0.2, -0.15) is 0 Å². The predicted octanol–water partition coefficient (Wildman–Crippen LogP) is 3.00. The summed E-state index contributed by atoms with van der Waals surface area (Å²) in [5.41, 5.74) is 3.67. The highest BCUT2D eigenvalue weighted by Crippen LogP contribution is 2.31. The van der Waals surface area contributed by atoms with Gasteiger partial charge in [0.05, 0.1) is 29.8 Å². The van der Waals surface area contributed by atoms with Crippen LogP contribution in [0.25, 0.3) is 0 Å². The van der Waals surface area contributed by atoms with Gasteiger partial charge in [-0.15, -0.1) is 0 Å². The zero-order valence-corrected chi connectivity index (χ0v) is 20.1. The number of ether oxygens (including phenoxy) is 2. The lowest BCUT2D eigenvalue weighted by molar-refractivity contribution is 0.0955. The molecule has 3 aromatic rings. The zero-order chi connectivity index (χ0) is 24.3. The van der Waals surface area contributed by atoms with Crippen LogP contribution in [0.15, 0.2) is 47.0 Å². The molecule has 0 fully saturated rings. The number of nitrogens with one attached hydrogen (secondary N) is 1. The minimum atomic E-state index is -3.55. The number of methoxy groups -OCH3 is 1. The summed E-state index contributed by atoms with van der Waals surface area (Å²) in [4.78, 5) is 12.6. The van der Waals surface area contributed by atoms with Crippen LogP contribution in [0.4, 0.5) is 5.69 Å². The van der Waals surface area contributed by atoms with Crippen molar-refractivity contribution in [2.45, 2.75) is 26.9 Å². The Hall–Kier alpha value is -3.53. The summed E-state index contributed by atoms with van der Waals surface area (Å²) in [7, 11) is -2.06. The summed E-state index contributed by atoms with van der Waals surface area (Å²) in [6, 6.07) is 12.3. The summed E-state index contributed by atoms with van der Waals surface area (Å²) >= 11 is 0. The monoisotopic (exact) mass is 485 g/mol. The molecule has 0 aliphatic carbocycles. The number of carbonyl (C=O) groups is 1. The molecule has 180 valence electrons. The number of hydrogen-bond acceptors (Lipinski definition) is 7. The Labute approximate surface area is 198 Å². The fraction of sp³-hybridized carbons (Fsp3) is 0.333. The topological polar surface area (TPSA) is 111 Å². The molecule has 1 aliphatic heterocycles. The van der Waals surface area contributed by atoms with Gasteiger partial charge in [0.2, 0.25) is 10.0 Å². The average Bonchev–Trinajstić information content (AvgIpc) is 3.41. The summed E-state index contributed by atoms with van der Waals surface area (Å²) in [5.74, 6) is 0.950. The van der Waals surface area contributed by atoms with Gasteiger partial charge in [-0.1, -0.05) is 23.4 Å². The Bertz CT molecular complexity index is 1280. The van der Waals surface area contributed by atoms with Crippen LogP contribution >= 0.6 is 0 Å². The smallest absolute Gasteiger partial charge is 0.251 e. The first kappa shape index (κ1) is 23.6. The third kappa shape index (κ3) is 4.86. The van der Waals surface area contributed by atoms with Crippen molar-refractivity contribution in [2.75, 3.05) is 30.3 Å². The van der Waals surface area contributed by atoms with Crippen molar-refractivity contribution in [1.82, 2.24) is 10.5 Å². The Morgan fingerprint density at radius 2 is 1.97 bits per heavy atom. The van der Waals surface area contributed by atoms with Crippen molar-refractivity contribution in [1.29, 1.82) is 0 Å². The van der Waals surface area contributed by atoms with Gasteiger partial charge in [0.15, 0.2) is 11.5 Å². The van der Waals surface area contributed by atoms with Crippen molar-refractivity contribution in [3.63, 3.8) is 0 Å². The van der Waals surface area contributed by atoms with E-state index in [1.165, 1.54) is 11.4 Å². The number of nitrogens with zero attached hydrogens (tertiary/aromatic N) is 2. The maximum atomic E-state index is 12.8. The van der Waals surface area contributed by atoms with Gasteiger partial charge in [-0.3, -0.25) is 9.10 Å². The summed E-state index contributed by atoms with van der Waals surface area (Å²) in [5, 5.41) is 6.59. The molecular weight excluding hydrogens is 458 g/mol. The van der Waals surface area contributed by atoms with E-state index in [2.05, 4.69) is 10.5 Å². The molecule has 2 heterocycles. The Kier molecular flexibility index (Phi) is 6.78. The van der Waals surface area contributed by atoms with E-state index in [-0.39, 0.29) is 18.9 Å². The second kappa shape index (κ2) is 9.76. The number of para-hydroxylation sites is 1. The molecular formula is C24H27N3O6S. The minimum absolute atomic E-state index is 0.00750. The van der Waals surface area contributed by atoms with E-state index in [0.717, 1.165) is 16.8 Å². The van der Waals surface area contributed by atoms with Crippen LogP contribution in [0.5, 0.6) is 11.5 Å². The van der Waals surface area contributed by atoms with Gasteiger partial charge in [-0.05, 0) is 50.1 Å². The summed E-state index contributed by atoms with van der Waals surface area (Å²) in [6.45, 7) is 4.31. The van der Waals surface area contributed by atoms with Crippen LogP contribution in [0.2, 0.25) is 0 Å². The number of benzene rings is 2. The van der Waals surface area contributed by atoms with Gasteiger partial charge < -0.3 is 19.3 Å². The van der Waals surface area contributed by atoms with E-state index in [9.17, 15) is 13.2 Å². The molecule has 1 amide bonds. The van der Waals surface area contributed by atoms with Crippen molar-refractivity contribution in [2.24, 2.45) is 0 Å². The quantitative estimate of drug-likeness (QED) is 0.496. The van der Waals surface area contributed by atoms with Crippen LogP contribution in [-0.2, 0) is 23.1 Å². The van der Waals surface area contributed by atoms with Crippen molar-refractivity contribution < 1.29 is 27.2 Å². The maximum Gasteiger partial charge on any atom is 0.251 e. The SMILES string of the molecule is COc1cc(C(=O)NCCS(=O)(=O)N2CCc3ccccc32)ccc1OCc1c(C)noc1C. The lowest BCUT2D eigenvalue weighted by Gasteiger charge is -2.19. The number of hydrogen-bond donors (Lipinski definition) is 1. The molecule has 1 N–H and O–H groups in total. The van der Waals surface area contributed by atoms with Crippen LogP contribution < -0.4 is 19.1 Å². The van der Waals surface area contributed by atoms with E-state index in [1.807, 2.05) is 32.0 Å². The number of rotatable bonds is 9. The Morgan fingerprint density at radius 1 is 1.18 bits per heavy atom. The van der Waals surface area contributed by atoms with Gasteiger partial charge in [-0.25, -0.2) is 8.42 Å². The van der Waals surface area contributed by atoms with Crippen LogP contribution in [0.3, 0.4) is 0 Å². The molecule has 1 aromatic heterocycles. The van der Waals surface area contributed by atoms with E-state index < -0.39 is 15.9 Å². The minimum Gasteiger partial charge on any atom is -0.493 e. The van der Waals surface area contributed by atoms with Gasteiger partial charge in [0, 0.05) is 18.7 Å². The highest BCUT2D eigenvalue weighted by Gasteiger charge is 2.28. The number of carbonyl (C=O) groups excluding carboxylic acids is 1. The first-order valence-corrected chi connectivity index (χ1v) is 12.5. The molecule has 1 aliphatic rings. The number of amides is 1. The molecule has 0 saturated carbocycles. The normalized spacial score (nSPS) is 13.0. The highest BCUT2D eigenvalue weighted by molar-refractivity contribution is 7.92. The molecule has 0 unspecified atom stereocenters. The van der Waals surface area contributed by atoms with Crippen LogP contribution in [0.1, 0.15) is 32.9 Å². The molecule has 10 heteroatoms. The highest BCUT2D eigenvalue weighted by atomic mass is 32.2. The average molecular weight is 486 g/mol. The van der Waals surface area contributed by atoms with Crippen molar-refractivity contribution in [3.05, 3.63) is 70.6 Å². The number of anilines is 1. The third-order valence-electron chi connectivity index (χ3n) is 5.80. The van der Waals surface area contributed by atoms with Gasteiger partial charge in [0.25, 0.3) is 5.91 Å². The zero-order valence-electron chi connectivity index (χ0n) is 19.3. The Balaban J connectivity index is 1.36. The van der Waals surface area contributed by atoms with E-state index in [1.54, 1.807) is 24.3 Å². The molecule has 0 spiro atoms. The van der Waals surface area contributed by atoms with Crippen molar-refractivity contribution in [3.8, 4) is 11.5 Å². The molecule has 34 heavy (non-hydrogen) atoms. The largest absolute Gasteiger partial charge is 0.493 e. The first-order chi connectivity index (χ1) is 16.3. The lowest BCUT2D eigenvalue weighted by atomic mass is 10.2. The summed E-state index contributed by atoms with van der Waals surface area (Å²) in [6.07, 6.45) is 0.687. The molecule has 4 rings (SSSR count). The fourth-order valence-electron chi connectivity index (χ4n) is 3.89. The number of aromatic nitrogens is 1. The molecule has 0 atom stereocenters. The van der Waals surface area contributed by atoms with Crippen LogP contribution in [0, 0.1) is 13.8 Å². The van der Waals surface area contributed by atoms with E-state index in [0.29, 0.717) is 41.5 Å². The first-order valence-electron chi connectivity index (χ1n) is 10.9. The van der Waals surface area contributed by atoms with Crippen LogP contribution in [-0.4, -0.2) is 45.4 Å². The lowest BCUT2D eigenvalue weighted by Crippen LogP contribution is -2.37. The second-order valence-electron chi connectivity index (χ2n) is 7.98. The fourth-order valence-corrected chi connectivity index (χ4v) is 5.32. The number of sulfonamides is 1. The standard InChI is InChI=1S/C24H27N3O6S/c1-16-20(17(2)33-26-16)15-32-22-9-8-19(14-23(22)31-3)24(28)25-11-13-34(29,30)27-12-10-18-6-4-5-7-21(18)27/h4-9,14H,10-13,15H2,1-3H3,(H,25,28). The summed E-state index contributed by atoms with van der Waals surface area (Å²) < 4.78 is 43.4. The molecule has 2 aromatic carbocycles. The Morgan fingerprint density at radius 3 is 2.71 bits per heavy atom. The maximum absolute atomic E-state index is 12.8. The molecule has 0 saturated heterocycles. The molecule has 0 bridgehead atoms. The number of aryl methyl sites for hydroxylation is 2. The van der Waals surface area contributed by atoms with E-state index >= 15 is 0 Å². The van der Waals surface area contributed by atoms with Gasteiger partial charge >= 0.3 is 0 Å².